The highest BCUT2D eigenvalue weighted by Gasteiger charge is 2.24. The molecule has 2 nitrogen and oxygen atoms in total. The normalized spacial score (nSPS) is 20.4. The number of benzene rings is 1. The highest BCUT2D eigenvalue weighted by molar-refractivity contribution is 5.97. The zero-order chi connectivity index (χ0) is 18.1. The van der Waals surface area contributed by atoms with Gasteiger partial charge in [-0.3, -0.25) is 4.98 Å². The van der Waals surface area contributed by atoms with Crippen molar-refractivity contribution >= 4 is 22.0 Å². The highest BCUT2D eigenvalue weighted by atomic mass is 14.7. The van der Waals surface area contributed by atoms with E-state index in [4.69, 9.17) is 4.98 Å². The number of fused-ring (bicyclic) bond motifs is 1. The molecule has 0 aliphatic heterocycles. The summed E-state index contributed by atoms with van der Waals surface area (Å²) >= 11 is 0. The third-order valence-corrected chi connectivity index (χ3v) is 5.49. The summed E-state index contributed by atoms with van der Waals surface area (Å²) in [5.41, 5.74) is 7.27. The Labute approximate surface area is 155 Å². The van der Waals surface area contributed by atoms with Gasteiger partial charge in [0, 0.05) is 23.4 Å². The number of nitrogens with zero attached hydrogens (tertiary/aromatic N) is 2. The summed E-state index contributed by atoms with van der Waals surface area (Å²) in [7, 11) is 0. The maximum absolute atomic E-state index is 4.95. The smallest absolute Gasteiger partial charge is 0.0740 e. The van der Waals surface area contributed by atoms with E-state index in [9.17, 15) is 0 Å². The van der Waals surface area contributed by atoms with Gasteiger partial charge in [0.05, 0.1) is 11.2 Å². The molecule has 2 unspecified atom stereocenters. The van der Waals surface area contributed by atoms with Crippen LogP contribution in [0.1, 0.15) is 37.1 Å². The van der Waals surface area contributed by atoms with E-state index < -0.39 is 0 Å². The van der Waals surface area contributed by atoms with Crippen LogP contribution >= 0.6 is 0 Å². The van der Waals surface area contributed by atoms with Gasteiger partial charge in [-0.25, -0.2) is 4.98 Å². The average Bonchev–Trinajstić information content (AvgIpc) is 2.80. The van der Waals surface area contributed by atoms with E-state index in [2.05, 4.69) is 74.3 Å². The standard InChI is InChI=1S/C24H24N2/c1-16-6-4-8-19(14-16)24-18(3)17(2)7-5-9-21(24)23-11-10-20-15-25-13-12-22(20)26-23/h4-6,8-15,17-18H,7H2,1-3H3. The van der Waals surface area contributed by atoms with Gasteiger partial charge in [-0.1, -0.05) is 55.8 Å². The van der Waals surface area contributed by atoms with Crippen molar-refractivity contribution in [3.8, 4) is 0 Å². The molecule has 2 heterocycles. The minimum atomic E-state index is 0.469. The SMILES string of the molecule is Cc1cccc(C2=C(c3ccc4cnccc4n3)C=CCC(C)C2C)c1. The van der Waals surface area contributed by atoms with Gasteiger partial charge in [0.15, 0.2) is 0 Å². The van der Waals surface area contributed by atoms with Gasteiger partial charge >= 0.3 is 0 Å². The van der Waals surface area contributed by atoms with Crippen LogP contribution in [0.4, 0.5) is 0 Å². The van der Waals surface area contributed by atoms with Crippen molar-refractivity contribution in [1.29, 1.82) is 0 Å². The maximum Gasteiger partial charge on any atom is 0.0740 e. The van der Waals surface area contributed by atoms with E-state index in [1.807, 2.05) is 18.5 Å². The van der Waals surface area contributed by atoms with E-state index in [1.54, 1.807) is 0 Å². The zero-order valence-corrected chi connectivity index (χ0v) is 15.6. The highest BCUT2D eigenvalue weighted by Crippen LogP contribution is 2.40. The van der Waals surface area contributed by atoms with Crippen molar-refractivity contribution in [2.24, 2.45) is 11.8 Å². The van der Waals surface area contributed by atoms with Gasteiger partial charge in [-0.05, 0) is 54.5 Å². The number of aromatic nitrogens is 2. The summed E-state index contributed by atoms with van der Waals surface area (Å²) in [6.45, 7) is 6.85. The molecule has 2 aromatic heterocycles. The molecule has 130 valence electrons. The van der Waals surface area contributed by atoms with Gasteiger partial charge in [-0.15, -0.1) is 0 Å². The molecule has 0 spiro atoms. The van der Waals surface area contributed by atoms with E-state index in [0.29, 0.717) is 11.8 Å². The summed E-state index contributed by atoms with van der Waals surface area (Å²) < 4.78 is 0. The van der Waals surface area contributed by atoms with E-state index >= 15 is 0 Å². The molecule has 1 aliphatic rings. The lowest BCUT2D eigenvalue weighted by Gasteiger charge is -2.23. The number of aryl methyl sites for hydroxylation is 1. The maximum atomic E-state index is 4.95. The zero-order valence-electron chi connectivity index (χ0n) is 15.6. The first-order valence-corrected chi connectivity index (χ1v) is 9.32. The Morgan fingerprint density at radius 2 is 1.92 bits per heavy atom. The molecule has 3 aromatic rings. The predicted molar refractivity (Wildman–Crippen MR) is 110 cm³/mol. The molecule has 0 saturated carbocycles. The lowest BCUT2D eigenvalue weighted by Crippen LogP contribution is -2.10. The van der Waals surface area contributed by atoms with E-state index in [-0.39, 0.29) is 0 Å². The Kier molecular flexibility index (Phi) is 4.42. The van der Waals surface area contributed by atoms with Gasteiger partial charge in [0.2, 0.25) is 0 Å². The molecule has 0 radical (unpaired) electrons. The summed E-state index contributed by atoms with van der Waals surface area (Å²) in [6.07, 6.45) is 9.35. The molecule has 1 aromatic carbocycles. The molecular formula is C24H24N2. The first-order valence-electron chi connectivity index (χ1n) is 9.32. The van der Waals surface area contributed by atoms with E-state index in [1.165, 1.54) is 22.3 Å². The lowest BCUT2D eigenvalue weighted by molar-refractivity contribution is 0.481. The molecule has 0 fully saturated rings. The van der Waals surface area contributed by atoms with Crippen LogP contribution in [0.5, 0.6) is 0 Å². The number of hydrogen-bond acceptors (Lipinski definition) is 2. The monoisotopic (exact) mass is 340 g/mol. The number of rotatable bonds is 2. The van der Waals surface area contributed by atoms with Crippen LogP contribution in [0, 0.1) is 18.8 Å². The molecule has 1 aliphatic carbocycles. The van der Waals surface area contributed by atoms with Crippen LogP contribution in [0.25, 0.3) is 22.0 Å². The molecule has 2 heteroatoms. The Balaban J connectivity index is 1.97. The molecule has 0 saturated heterocycles. The van der Waals surface area contributed by atoms with Crippen molar-refractivity contribution in [3.05, 3.63) is 83.8 Å². The van der Waals surface area contributed by atoms with Crippen molar-refractivity contribution in [3.63, 3.8) is 0 Å². The second-order valence-electron chi connectivity index (χ2n) is 7.37. The molecule has 2 atom stereocenters. The first kappa shape index (κ1) is 16.7. The molecule has 0 bridgehead atoms. The van der Waals surface area contributed by atoms with E-state index in [0.717, 1.165) is 23.0 Å². The molecule has 4 rings (SSSR count). The Bertz CT molecular complexity index is 1010. The van der Waals surface area contributed by atoms with Gasteiger partial charge in [0.1, 0.15) is 0 Å². The Morgan fingerprint density at radius 1 is 1.04 bits per heavy atom. The average molecular weight is 340 g/mol. The third-order valence-electron chi connectivity index (χ3n) is 5.49. The van der Waals surface area contributed by atoms with Crippen LogP contribution in [-0.4, -0.2) is 9.97 Å². The van der Waals surface area contributed by atoms with Gasteiger partial charge in [-0.2, -0.15) is 0 Å². The third kappa shape index (κ3) is 3.08. The summed E-state index contributed by atoms with van der Waals surface area (Å²) in [4.78, 5) is 9.15. The van der Waals surface area contributed by atoms with Crippen LogP contribution < -0.4 is 0 Å². The van der Waals surface area contributed by atoms with Crippen molar-refractivity contribution in [2.45, 2.75) is 27.2 Å². The molecule has 0 amide bonds. The molecule has 26 heavy (non-hydrogen) atoms. The summed E-state index contributed by atoms with van der Waals surface area (Å²) in [5.74, 6) is 1.07. The molecule has 0 N–H and O–H groups in total. The Morgan fingerprint density at radius 3 is 2.77 bits per heavy atom. The summed E-state index contributed by atoms with van der Waals surface area (Å²) in [6, 6.07) is 15.1. The molecular weight excluding hydrogens is 316 g/mol. The fraction of sp³-hybridized carbons (Fsp3) is 0.250. The minimum absolute atomic E-state index is 0.469. The topological polar surface area (TPSA) is 25.8 Å². The van der Waals surface area contributed by atoms with Crippen molar-refractivity contribution in [1.82, 2.24) is 9.97 Å². The largest absolute Gasteiger partial charge is 0.264 e. The minimum Gasteiger partial charge on any atom is -0.264 e. The first-order chi connectivity index (χ1) is 12.6. The fourth-order valence-electron chi connectivity index (χ4n) is 3.79. The van der Waals surface area contributed by atoms with Crippen LogP contribution in [0.3, 0.4) is 0 Å². The van der Waals surface area contributed by atoms with Crippen molar-refractivity contribution < 1.29 is 0 Å². The van der Waals surface area contributed by atoms with Crippen LogP contribution in [0.15, 0.2) is 67.0 Å². The fourth-order valence-corrected chi connectivity index (χ4v) is 3.79. The predicted octanol–water partition coefficient (Wildman–Crippen LogP) is 6.08. The second-order valence-corrected chi connectivity index (χ2v) is 7.37. The van der Waals surface area contributed by atoms with Gasteiger partial charge < -0.3 is 0 Å². The second kappa shape index (κ2) is 6.87. The number of allylic oxidation sites excluding steroid dienone is 4. The van der Waals surface area contributed by atoms with Crippen LogP contribution in [-0.2, 0) is 0 Å². The Hall–Kier alpha value is -2.74. The van der Waals surface area contributed by atoms with Crippen molar-refractivity contribution in [2.75, 3.05) is 0 Å². The lowest BCUT2D eigenvalue weighted by atomic mass is 9.81. The number of pyridine rings is 2. The summed E-state index contributed by atoms with van der Waals surface area (Å²) in [5, 5.41) is 1.08. The number of hydrogen-bond donors (Lipinski definition) is 0. The van der Waals surface area contributed by atoms with Gasteiger partial charge in [0.25, 0.3) is 0 Å². The quantitative estimate of drug-likeness (QED) is 0.565. The van der Waals surface area contributed by atoms with Crippen LogP contribution in [0.2, 0.25) is 0 Å².